The van der Waals surface area contributed by atoms with Crippen LogP contribution >= 0.6 is 0 Å². The highest BCUT2D eigenvalue weighted by Crippen LogP contribution is 2.10. The van der Waals surface area contributed by atoms with Gasteiger partial charge in [-0.2, -0.15) is 0 Å². The Morgan fingerprint density at radius 3 is 2.45 bits per heavy atom. The Kier molecular flexibility index (Phi) is 1.94. The fourth-order valence-corrected chi connectivity index (χ4v) is 0.830. The Hall–Kier alpha value is -1.31. The van der Waals surface area contributed by atoms with Crippen molar-refractivity contribution in [3.8, 4) is 0 Å². The summed E-state index contributed by atoms with van der Waals surface area (Å²) in [6.45, 7) is 3.65. The topological polar surface area (TPSA) is 23.2 Å². The van der Waals surface area contributed by atoms with Crippen LogP contribution in [-0.2, 0) is 0 Å². The van der Waals surface area contributed by atoms with Gasteiger partial charge in [0.2, 0.25) is 5.71 Å². The number of allylic oxidation sites excluding steroid dienone is 3. The predicted molar refractivity (Wildman–Crippen MR) is 46.1 cm³/mol. The highest BCUT2D eigenvalue weighted by atomic mass is 16.3. The van der Waals surface area contributed by atoms with E-state index in [4.69, 9.17) is 0 Å². The van der Waals surface area contributed by atoms with Crippen LogP contribution in [-0.4, -0.2) is 29.5 Å². The van der Waals surface area contributed by atoms with Crippen LogP contribution in [0.4, 0.5) is 0 Å². The number of aliphatic hydroxyl groups excluding tert-OH is 1. The minimum atomic E-state index is 0.246. The quantitative estimate of drug-likeness (QED) is 0.516. The van der Waals surface area contributed by atoms with Crippen molar-refractivity contribution < 1.29 is 9.68 Å². The van der Waals surface area contributed by atoms with E-state index >= 15 is 0 Å². The zero-order chi connectivity index (χ0) is 8.43. The fraction of sp³-hybridized carbons (Fsp3) is 0.222. The number of hydrogen-bond acceptors (Lipinski definition) is 1. The molecule has 0 fully saturated rings. The second kappa shape index (κ2) is 2.74. The first-order valence-electron chi connectivity index (χ1n) is 3.43. The average Bonchev–Trinajstić information content (AvgIpc) is 1.94. The Balaban J connectivity index is 3.04. The van der Waals surface area contributed by atoms with E-state index in [1.165, 1.54) is 0 Å². The van der Waals surface area contributed by atoms with Crippen molar-refractivity contribution >= 4 is 5.71 Å². The van der Waals surface area contributed by atoms with Crippen molar-refractivity contribution in [2.45, 2.75) is 0 Å². The van der Waals surface area contributed by atoms with Gasteiger partial charge in [-0.1, -0.05) is 6.58 Å². The second-order valence-electron chi connectivity index (χ2n) is 2.71. The summed E-state index contributed by atoms with van der Waals surface area (Å²) < 4.78 is 1.93. The van der Waals surface area contributed by atoms with Gasteiger partial charge in [0.05, 0.1) is 6.08 Å². The lowest BCUT2D eigenvalue weighted by molar-refractivity contribution is -0.462. The van der Waals surface area contributed by atoms with Crippen LogP contribution in [0.5, 0.6) is 0 Å². The summed E-state index contributed by atoms with van der Waals surface area (Å²) in [5.74, 6) is 0.246. The van der Waals surface area contributed by atoms with Gasteiger partial charge >= 0.3 is 0 Å². The maximum absolute atomic E-state index is 9.26. The Bertz CT molecular complexity index is 278. The van der Waals surface area contributed by atoms with Crippen LogP contribution in [0.3, 0.4) is 0 Å². The van der Waals surface area contributed by atoms with Crippen LogP contribution < -0.4 is 0 Å². The van der Waals surface area contributed by atoms with E-state index < -0.39 is 0 Å². The van der Waals surface area contributed by atoms with Crippen LogP contribution in [0.25, 0.3) is 0 Å². The number of aliphatic hydroxyl groups is 1. The molecule has 0 bridgehead atoms. The van der Waals surface area contributed by atoms with Crippen LogP contribution in [0.15, 0.2) is 36.1 Å². The highest BCUT2D eigenvalue weighted by Gasteiger charge is 2.09. The average molecular weight is 150 g/mol. The van der Waals surface area contributed by atoms with E-state index in [0.717, 1.165) is 5.71 Å². The van der Waals surface area contributed by atoms with Gasteiger partial charge in [-0.05, 0) is 6.08 Å². The molecular formula is C9H12NO+. The van der Waals surface area contributed by atoms with E-state index in [9.17, 15) is 5.11 Å². The molecule has 0 heterocycles. The molecular weight excluding hydrogens is 138 g/mol. The van der Waals surface area contributed by atoms with Gasteiger partial charge < -0.3 is 5.11 Å². The van der Waals surface area contributed by atoms with Gasteiger partial charge in [0.1, 0.15) is 19.9 Å². The molecule has 0 saturated carbocycles. The first-order chi connectivity index (χ1) is 5.11. The van der Waals surface area contributed by atoms with E-state index in [1.54, 1.807) is 12.2 Å². The number of rotatable bonds is 0. The van der Waals surface area contributed by atoms with E-state index in [2.05, 4.69) is 6.58 Å². The summed E-state index contributed by atoms with van der Waals surface area (Å²) in [6.07, 6.45) is 5.41. The third-order valence-electron chi connectivity index (χ3n) is 1.59. The summed E-state index contributed by atoms with van der Waals surface area (Å²) in [6, 6.07) is 0. The molecule has 1 rings (SSSR count). The summed E-state index contributed by atoms with van der Waals surface area (Å²) in [5.41, 5.74) is 1.64. The van der Waals surface area contributed by atoms with Crippen molar-refractivity contribution in [2.75, 3.05) is 14.1 Å². The molecule has 0 atom stereocenters. The molecule has 0 unspecified atom stereocenters. The van der Waals surface area contributed by atoms with Crippen molar-refractivity contribution in [3.63, 3.8) is 0 Å². The van der Waals surface area contributed by atoms with E-state index in [-0.39, 0.29) is 5.76 Å². The fourth-order valence-electron chi connectivity index (χ4n) is 0.830. The van der Waals surface area contributed by atoms with E-state index in [1.807, 2.05) is 24.7 Å². The smallest absolute Gasteiger partial charge is 0.203 e. The van der Waals surface area contributed by atoms with Crippen molar-refractivity contribution in [1.29, 1.82) is 0 Å². The molecule has 0 radical (unpaired) electrons. The van der Waals surface area contributed by atoms with Crippen molar-refractivity contribution in [2.24, 2.45) is 0 Å². The summed E-state index contributed by atoms with van der Waals surface area (Å²) in [4.78, 5) is 0. The largest absolute Gasteiger partial charge is 0.507 e. The lowest BCUT2D eigenvalue weighted by Gasteiger charge is -2.03. The first-order valence-corrected chi connectivity index (χ1v) is 3.43. The zero-order valence-corrected chi connectivity index (χ0v) is 6.83. The van der Waals surface area contributed by atoms with Gasteiger partial charge in [0.15, 0.2) is 0 Å². The first kappa shape index (κ1) is 7.79. The molecule has 0 spiro atoms. The molecule has 11 heavy (non-hydrogen) atoms. The van der Waals surface area contributed by atoms with Gasteiger partial charge in [-0.3, -0.25) is 0 Å². The number of hydrogen-bond donors (Lipinski definition) is 1. The van der Waals surface area contributed by atoms with Gasteiger partial charge in [0.25, 0.3) is 0 Å². The van der Waals surface area contributed by atoms with Crippen LogP contribution in [0.1, 0.15) is 0 Å². The van der Waals surface area contributed by atoms with Crippen molar-refractivity contribution in [3.05, 3.63) is 36.1 Å². The summed E-state index contributed by atoms with van der Waals surface area (Å²) >= 11 is 0. The standard InChI is InChI=1S/C9H11NO/c1-7-4-5-8(10(2)3)6-9(7)11/h4-6H,1H2,2-3H3/p+1. The second-order valence-corrected chi connectivity index (χ2v) is 2.71. The lowest BCUT2D eigenvalue weighted by atomic mass is 10.1. The maximum atomic E-state index is 9.26. The molecule has 1 aliphatic rings. The SMILES string of the molecule is C=C1C=CC(=[N+](C)C)C=C1O. The van der Waals surface area contributed by atoms with Crippen LogP contribution in [0.2, 0.25) is 0 Å². The normalized spacial score (nSPS) is 16.7. The molecule has 0 aliphatic heterocycles. The van der Waals surface area contributed by atoms with Crippen LogP contribution in [0, 0.1) is 0 Å². The molecule has 0 aromatic heterocycles. The molecule has 1 N–H and O–H groups in total. The summed E-state index contributed by atoms with van der Waals surface area (Å²) in [5, 5.41) is 9.26. The third kappa shape index (κ3) is 1.58. The molecule has 2 heteroatoms. The summed E-state index contributed by atoms with van der Waals surface area (Å²) in [7, 11) is 3.86. The molecule has 2 nitrogen and oxygen atoms in total. The van der Waals surface area contributed by atoms with Gasteiger partial charge in [-0.15, -0.1) is 0 Å². The Morgan fingerprint density at radius 1 is 1.36 bits per heavy atom. The van der Waals surface area contributed by atoms with E-state index in [0.29, 0.717) is 5.57 Å². The third-order valence-corrected chi connectivity index (χ3v) is 1.59. The molecule has 58 valence electrons. The molecule has 0 aromatic rings. The van der Waals surface area contributed by atoms with Gasteiger partial charge in [0, 0.05) is 11.6 Å². The molecule has 0 saturated heterocycles. The monoisotopic (exact) mass is 150 g/mol. The Morgan fingerprint density at radius 2 is 2.00 bits per heavy atom. The van der Waals surface area contributed by atoms with Gasteiger partial charge in [-0.25, -0.2) is 4.58 Å². The molecule has 1 aliphatic carbocycles. The highest BCUT2D eigenvalue weighted by molar-refractivity contribution is 6.02. The minimum Gasteiger partial charge on any atom is -0.507 e. The lowest BCUT2D eigenvalue weighted by Crippen LogP contribution is -2.11. The maximum Gasteiger partial charge on any atom is 0.203 e. The number of nitrogens with zero attached hydrogens (tertiary/aromatic N) is 1. The zero-order valence-electron chi connectivity index (χ0n) is 6.83. The molecule has 0 amide bonds. The Labute approximate surface area is 66.5 Å². The van der Waals surface area contributed by atoms with Crippen molar-refractivity contribution in [1.82, 2.24) is 0 Å². The minimum absolute atomic E-state index is 0.246. The molecule has 0 aromatic carbocycles. The predicted octanol–water partition coefficient (Wildman–Crippen LogP) is 1.27.